The zero-order valence-corrected chi connectivity index (χ0v) is 23.8. The van der Waals surface area contributed by atoms with Crippen LogP contribution in [0.4, 0.5) is 11.8 Å². The average Bonchev–Trinajstić information content (AvgIpc) is 3.66. The molecule has 2 saturated carbocycles. The number of anilines is 2. The standard InChI is InChI=1S/C30H36N6O3S/c1-15(18-7-5-4-6-8-18)16(2)32-30-33-17(3)23(28(36-30)34-21-13-20(14-37)26(38)27(21)39)29-35-25-22(40-29)11-12-31-24(25)19-9-10-19/h4-8,11-12,15-16,19-21,26-27,37-39H,9-10,13-14H2,1-3H3,(H2,32,33,34,36)/t15?,16?,20-,21-,26-,27+/m1/s1. The number of benzene rings is 1. The highest BCUT2D eigenvalue weighted by atomic mass is 32.1. The SMILES string of the molecule is Cc1nc(NC(C)C(C)c2ccccc2)nc(N[C@@H]2C[C@H](CO)[C@@H](O)[C@H]2O)c1-c1nc2c(C3CC3)nccc2s1. The Morgan fingerprint density at radius 3 is 2.50 bits per heavy atom. The summed E-state index contributed by atoms with van der Waals surface area (Å²) in [5.41, 5.74) is 4.73. The van der Waals surface area contributed by atoms with Crippen molar-refractivity contribution in [3.05, 3.63) is 59.5 Å². The lowest BCUT2D eigenvalue weighted by atomic mass is 9.94. The van der Waals surface area contributed by atoms with Crippen molar-refractivity contribution in [2.45, 2.75) is 76.2 Å². The largest absolute Gasteiger partial charge is 0.396 e. The van der Waals surface area contributed by atoms with Crippen LogP contribution in [0, 0.1) is 12.8 Å². The molecule has 2 unspecified atom stereocenters. The number of hydrogen-bond acceptors (Lipinski definition) is 10. The summed E-state index contributed by atoms with van der Waals surface area (Å²) in [5, 5.41) is 38.6. The molecule has 0 radical (unpaired) electrons. The number of nitrogens with one attached hydrogen (secondary N) is 2. The minimum Gasteiger partial charge on any atom is -0.396 e. The van der Waals surface area contributed by atoms with Gasteiger partial charge in [-0.1, -0.05) is 37.3 Å². The molecule has 5 N–H and O–H groups in total. The number of aromatic nitrogens is 4. The van der Waals surface area contributed by atoms with Gasteiger partial charge in [-0.3, -0.25) is 4.98 Å². The molecule has 40 heavy (non-hydrogen) atoms. The molecule has 0 saturated heterocycles. The van der Waals surface area contributed by atoms with Gasteiger partial charge in [-0.2, -0.15) is 4.98 Å². The molecule has 3 aromatic heterocycles. The van der Waals surface area contributed by atoms with Gasteiger partial charge in [-0.15, -0.1) is 11.3 Å². The normalized spacial score (nSPS) is 24.2. The summed E-state index contributed by atoms with van der Waals surface area (Å²) < 4.78 is 1.07. The molecule has 1 aromatic carbocycles. The van der Waals surface area contributed by atoms with Crippen LogP contribution in [0.5, 0.6) is 0 Å². The molecule has 0 aliphatic heterocycles. The zero-order chi connectivity index (χ0) is 28.0. The first-order valence-electron chi connectivity index (χ1n) is 14.0. The van der Waals surface area contributed by atoms with Gasteiger partial charge >= 0.3 is 0 Å². The summed E-state index contributed by atoms with van der Waals surface area (Å²) in [6, 6.07) is 11.9. The maximum Gasteiger partial charge on any atom is 0.225 e. The fraction of sp³-hybridized carbons (Fsp3) is 0.467. The zero-order valence-electron chi connectivity index (χ0n) is 23.0. The highest BCUT2D eigenvalue weighted by Gasteiger charge is 2.41. The maximum atomic E-state index is 10.8. The number of fused-ring (bicyclic) bond motifs is 1. The van der Waals surface area contributed by atoms with Crippen molar-refractivity contribution in [3.63, 3.8) is 0 Å². The Hall–Kier alpha value is -3.18. The van der Waals surface area contributed by atoms with Crippen molar-refractivity contribution in [3.8, 4) is 10.6 Å². The maximum absolute atomic E-state index is 10.8. The summed E-state index contributed by atoms with van der Waals surface area (Å²) in [4.78, 5) is 19.4. The minimum atomic E-state index is -1.03. The van der Waals surface area contributed by atoms with E-state index in [0.717, 1.165) is 45.0 Å². The lowest BCUT2D eigenvalue weighted by Gasteiger charge is -2.24. The predicted octanol–water partition coefficient (Wildman–Crippen LogP) is 4.45. The van der Waals surface area contributed by atoms with Crippen molar-refractivity contribution >= 4 is 33.3 Å². The van der Waals surface area contributed by atoms with Gasteiger partial charge in [-0.05, 0) is 44.7 Å². The highest BCUT2D eigenvalue weighted by molar-refractivity contribution is 7.21. The van der Waals surface area contributed by atoms with Gasteiger partial charge in [0.15, 0.2) is 0 Å². The molecule has 6 rings (SSSR count). The molecule has 0 spiro atoms. The van der Waals surface area contributed by atoms with Crippen LogP contribution in [0.2, 0.25) is 0 Å². The van der Waals surface area contributed by atoms with Gasteiger partial charge in [0.05, 0.1) is 33.8 Å². The first-order chi connectivity index (χ1) is 19.3. The van der Waals surface area contributed by atoms with Gasteiger partial charge in [0.2, 0.25) is 5.95 Å². The van der Waals surface area contributed by atoms with Crippen LogP contribution in [0.25, 0.3) is 20.8 Å². The van der Waals surface area contributed by atoms with Gasteiger partial charge in [0.25, 0.3) is 0 Å². The molecule has 0 bridgehead atoms. The minimum absolute atomic E-state index is 0.0489. The van der Waals surface area contributed by atoms with Crippen LogP contribution in [0.1, 0.15) is 61.9 Å². The van der Waals surface area contributed by atoms with Crippen LogP contribution in [-0.2, 0) is 0 Å². The number of pyridine rings is 1. The third kappa shape index (κ3) is 5.16. The highest BCUT2D eigenvalue weighted by Crippen LogP contribution is 2.44. The van der Waals surface area contributed by atoms with Crippen molar-refractivity contribution in [2.75, 3.05) is 17.2 Å². The Kier molecular flexibility index (Phi) is 7.43. The second-order valence-corrected chi connectivity index (χ2v) is 12.3. The molecule has 10 heteroatoms. The van der Waals surface area contributed by atoms with Crippen LogP contribution < -0.4 is 10.6 Å². The molecule has 210 valence electrons. The molecular weight excluding hydrogens is 524 g/mol. The first kappa shape index (κ1) is 27.0. The van der Waals surface area contributed by atoms with E-state index in [1.807, 2.05) is 37.4 Å². The summed E-state index contributed by atoms with van der Waals surface area (Å²) in [6.45, 7) is 6.04. The van der Waals surface area contributed by atoms with Crippen LogP contribution in [0.3, 0.4) is 0 Å². The van der Waals surface area contributed by atoms with Crippen LogP contribution in [0.15, 0.2) is 42.6 Å². The van der Waals surface area contributed by atoms with E-state index in [-0.39, 0.29) is 18.6 Å². The van der Waals surface area contributed by atoms with Gasteiger partial charge in [0, 0.05) is 36.6 Å². The van der Waals surface area contributed by atoms with E-state index in [0.29, 0.717) is 24.1 Å². The monoisotopic (exact) mass is 560 g/mol. The summed E-state index contributed by atoms with van der Waals surface area (Å²) in [6.07, 6.45) is 2.52. The number of nitrogens with zero attached hydrogens (tertiary/aromatic N) is 4. The third-order valence-corrected chi connectivity index (χ3v) is 9.43. The second-order valence-electron chi connectivity index (χ2n) is 11.2. The van der Waals surface area contributed by atoms with Gasteiger partial charge in [-0.25, -0.2) is 9.97 Å². The molecule has 9 nitrogen and oxygen atoms in total. The first-order valence-corrected chi connectivity index (χ1v) is 14.8. The Labute approximate surface area is 237 Å². The van der Waals surface area contributed by atoms with Crippen molar-refractivity contribution in [2.24, 2.45) is 5.92 Å². The number of aliphatic hydroxyl groups is 3. The summed E-state index contributed by atoms with van der Waals surface area (Å²) in [7, 11) is 0. The Balaban J connectivity index is 1.37. The fourth-order valence-electron chi connectivity index (χ4n) is 5.63. The molecule has 3 heterocycles. The topological polar surface area (TPSA) is 136 Å². The lowest BCUT2D eigenvalue weighted by Crippen LogP contribution is -2.36. The summed E-state index contributed by atoms with van der Waals surface area (Å²) >= 11 is 1.58. The Morgan fingerprint density at radius 1 is 1.02 bits per heavy atom. The predicted molar refractivity (Wildman–Crippen MR) is 158 cm³/mol. The van der Waals surface area contributed by atoms with E-state index in [1.165, 1.54) is 5.56 Å². The number of rotatable bonds is 9. The van der Waals surface area contributed by atoms with Crippen molar-refractivity contribution < 1.29 is 15.3 Å². The molecule has 6 atom stereocenters. The molecule has 0 amide bonds. The Bertz CT molecular complexity index is 1490. The van der Waals surface area contributed by atoms with E-state index in [1.54, 1.807) is 11.3 Å². The molecule has 2 aliphatic carbocycles. The van der Waals surface area contributed by atoms with E-state index < -0.39 is 24.2 Å². The third-order valence-electron chi connectivity index (χ3n) is 8.39. The molecule has 4 aromatic rings. The van der Waals surface area contributed by atoms with Crippen molar-refractivity contribution in [1.29, 1.82) is 0 Å². The number of thiazole rings is 1. The lowest BCUT2D eigenvalue weighted by molar-refractivity contribution is 0.00446. The Morgan fingerprint density at radius 2 is 1.80 bits per heavy atom. The molecule has 2 aliphatic rings. The van der Waals surface area contributed by atoms with Crippen LogP contribution in [-0.4, -0.2) is 66.2 Å². The number of aryl methyl sites for hydroxylation is 1. The van der Waals surface area contributed by atoms with Crippen molar-refractivity contribution in [1.82, 2.24) is 19.9 Å². The number of hydrogen-bond donors (Lipinski definition) is 5. The van der Waals surface area contributed by atoms with E-state index in [2.05, 4.69) is 41.6 Å². The van der Waals surface area contributed by atoms with Crippen LogP contribution >= 0.6 is 11.3 Å². The smallest absolute Gasteiger partial charge is 0.225 e. The van der Waals surface area contributed by atoms with Gasteiger partial charge < -0.3 is 26.0 Å². The number of aliphatic hydroxyl groups excluding tert-OH is 3. The summed E-state index contributed by atoms with van der Waals surface area (Å²) in [5.74, 6) is 1.31. The quantitative estimate of drug-likeness (QED) is 0.201. The fourth-order valence-corrected chi connectivity index (χ4v) is 6.70. The average molecular weight is 561 g/mol. The molecular formula is C30H36N6O3S. The van der Waals surface area contributed by atoms with E-state index in [9.17, 15) is 15.3 Å². The van der Waals surface area contributed by atoms with Gasteiger partial charge in [0.1, 0.15) is 22.4 Å². The van der Waals surface area contributed by atoms with E-state index in [4.69, 9.17) is 15.0 Å². The van der Waals surface area contributed by atoms with E-state index >= 15 is 0 Å². The molecule has 2 fully saturated rings. The second kappa shape index (κ2) is 11.0.